The Labute approximate surface area is 184 Å². The Morgan fingerprint density at radius 2 is 1.73 bits per heavy atom. The summed E-state index contributed by atoms with van der Waals surface area (Å²) in [5.74, 6) is 0.565. The highest BCUT2D eigenvalue weighted by Crippen LogP contribution is 2.34. The first-order valence-electron chi connectivity index (χ1n) is 8.79. The molecule has 0 saturated carbocycles. The minimum Gasteiger partial charge on any atom is -0.455 e. The average Bonchev–Trinajstić information content (AvgIpc) is 2.70. The molecule has 0 radical (unpaired) electrons. The number of ether oxygens (including phenoxy) is 1. The lowest BCUT2D eigenvalue weighted by molar-refractivity contribution is -0.114. The van der Waals surface area contributed by atoms with Crippen LogP contribution in [0.1, 0.15) is 6.92 Å². The Morgan fingerprint density at radius 1 is 1.00 bits per heavy atom. The Balaban J connectivity index is 1.95. The second-order valence-corrected chi connectivity index (χ2v) is 9.17. The van der Waals surface area contributed by atoms with Gasteiger partial charge in [-0.3, -0.25) is 9.52 Å². The van der Waals surface area contributed by atoms with Crippen LogP contribution in [-0.2, 0) is 14.8 Å². The van der Waals surface area contributed by atoms with Crippen molar-refractivity contribution in [2.75, 3.05) is 16.3 Å². The Bertz CT molecular complexity index is 1170. The van der Waals surface area contributed by atoms with Crippen LogP contribution < -0.4 is 14.8 Å². The maximum absolute atomic E-state index is 13.0. The molecule has 0 aromatic heterocycles. The number of sulfonamides is 1. The normalized spacial score (nSPS) is 11.0. The fourth-order valence-electron chi connectivity index (χ4n) is 2.63. The lowest BCUT2D eigenvalue weighted by atomic mass is 10.3. The van der Waals surface area contributed by atoms with Crippen molar-refractivity contribution in [2.45, 2.75) is 16.7 Å². The minimum absolute atomic E-state index is 0.00492. The van der Waals surface area contributed by atoms with Crippen LogP contribution in [0.5, 0.6) is 11.5 Å². The lowest BCUT2D eigenvalue weighted by Crippen LogP contribution is -2.15. The van der Waals surface area contributed by atoms with Gasteiger partial charge in [0.05, 0.1) is 16.3 Å². The van der Waals surface area contributed by atoms with Crippen LogP contribution in [0.2, 0.25) is 5.02 Å². The molecule has 3 aromatic rings. The van der Waals surface area contributed by atoms with E-state index in [-0.39, 0.29) is 16.5 Å². The first-order chi connectivity index (χ1) is 14.3. The zero-order chi connectivity index (χ0) is 21.7. The number of hydrogen-bond acceptors (Lipinski definition) is 5. The van der Waals surface area contributed by atoms with Crippen molar-refractivity contribution in [3.63, 3.8) is 0 Å². The highest BCUT2D eigenvalue weighted by molar-refractivity contribution is 7.98. The van der Waals surface area contributed by atoms with Gasteiger partial charge in [-0.15, -0.1) is 11.8 Å². The van der Waals surface area contributed by atoms with Gasteiger partial charge in [-0.2, -0.15) is 0 Å². The topological polar surface area (TPSA) is 84.5 Å². The van der Waals surface area contributed by atoms with Gasteiger partial charge in [0.1, 0.15) is 5.75 Å². The summed E-state index contributed by atoms with van der Waals surface area (Å²) in [6, 6.07) is 18.2. The van der Waals surface area contributed by atoms with Gasteiger partial charge in [-0.05, 0) is 54.8 Å². The number of para-hydroxylation sites is 1. The molecule has 2 N–H and O–H groups in total. The zero-order valence-electron chi connectivity index (χ0n) is 16.2. The second-order valence-electron chi connectivity index (χ2n) is 6.20. The van der Waals surface area contributed by atoms with E-state index in [1.807, 2.05) is 24.5 Å². The predicted molar refractivity (Wildman–Crippen MR) is 121 cm³/mol. The number of rotatable bonds is 7. The molecule has 156 valence electrons. The molecular weight excluding hydrogens is 444 g/mol. The molecular formula is C21H19ClN2O4S2. The van der Waals surface area contributed by atoms with Crippen molar-refractivity contribution < 1.29 is 17.9 Å². The van der Waals surface area contributed by atoms with Crippen LogP contribution in [0.25, 0.3) is 0 Å². The summed E-state index contributed by atoms with van der Waals surface area (Å²) in [5, 5.41) is 3.01. The quantitative estimate of drug-likeness (QED) is 0.445. The predicted octanol–water partition coefficient (Wildman–Crippen LogP) is 5.61. The molecule has 30 heavy (non-hydrogen) atoms. The number of hydrogen-bond donors (Lipinski definition) is 2. The largest absolute Gasteiger partial charge is 0.455 e. The van der Waals surface area contributed by atoms with Crippen molar-refractivity contribution in [2.24, 2.45) is 0 Å². The van der Waals surface area contributed by atoms with Crippen molar-refractivity contribution in [1.29, 1.82) is 0 Å². The van der Waals surface area contributed by atoms with E-state index < -0.39 is 10.0 Å². The van der Waals surface area contributed by atoms with Gasteiger partial charge in [0.25, 0.3) is 10.0 Å². The molecule has 0 fully saturated rings. The molecule has 6 nitrogen and oxygen atoms in total. The molecule has 1 amide bonds. The Morgan fingerprint density at radius 3 is 2.40 bits per heavy atom. The summed E-state index contributed by atoms with van der Waals surface area (Å²) in [7, 11) is -3.98. The van der Waals surface area contributed by atoms with Crippen molar-refractivity contribution >= 4 is 50.7 Å². The second kappa shape index (κ2) is 9.42. The van der Waals surface area contributed by atoms with Crippen molar-refractivity contribution in [3.8, 4) is 11.5 Å². The molecule has 0 atom stereocenters. The molecule has 0 bridgehead atoms. The Kier molecular flexibility index (Phi) is 6.91. The van der Waals surface area contributed by atoms with E-state index >= 15 is 0 Å². The summed E-state index contributed by atoms with van der Waals surface area (Å²) >= 11 is 7.48. The van der Waals surface area contributed by atoms with Crippen LogP contribution in [0.3, 0.4) is 0 Å². The molecule has 0 heterocycles. The van der Waals surface area contributed by atoms with Gasteiger partial charge < -0.3 is 10.1 Å². The molecule has 0 aliphatic heterocycles. The van der Waals surface area contributed by atoms with Gasteiger partial charge in [0.2, 0.25) is 5.91 Å². The number of carbonyl (C=O) groups is 1. The van der Waals surface area contributed by atoms with Gasteiger partial charge in [-0.25, -0.2) is 8.42 Å². The summed E-state index contributed by atoms with van der Waals surface area (Å²) in [6.07, 6.45) is 1.84. The summed E-state index contributed by atoms with van der Waals surface area (Å²) < 4.78 is 34.4. The molecule has 0 unspecified atom stereocenters. The third-order valence-electron chi connectivity index (χ3n) is 3.95. The highest BCUT2D eigenvalue weighted by Gasteiger charge is 2.19. The molecule has 0 aliphatic carbocycles. The number of nitrogens with one attached hydrogen (secondary N) is 2. The van der Waals surface area contributed by atoms with E-state index in [9.17, 15) is 13.2 Å². The van der Waals surface area contributed by atoms with Crippen LogP contribution in [0.15, 0.2) is 76.5 Å². The van der Waals surface area contributed by atoms with Gasteiger partial charge >= 0.3 is 0 Å². The number of benzene rings is 3. The number of halogens is 1. The molecule has 0 aliphatic rings. The maximum atomic E-state index is 13.0. The highest BCUT2D eigenvalue weighted by atomic mass is 35.5. The summed E-state index contributed by atoms with van der Waals surface area (Å²) in [6.45, 7) is 1.36. The lowest BCUT2D eigenvalue weighted by Gasteiger charge is -2.15. The van der Waals surface area contributed by atoms with Gasteiger partial charge in [0, 0.05) is 16.8 Å². The SMILES string of the molecule is CSc1ccc(S(=O)(=O)Nc2cc(Cl)ccc2Oc2ccccc2)cc1NC(C)=O. The molecule has 3 rings (SSSR count). The van der Waals surface area contributed by atoms with Crippen LogP contribution >= 0.6 is 23.4 Å². The van der Waals surface area contributed by atoms with Crippen LogP contribution in [0.4, 0.5) is 11.4 Å². The van der Waals surface area contributed by atoms with E-state index in [1.54, 1.807) is 30.3 Å². The standard InChI is InChI=1S/C21H19ClN2O4S2/c1-14(25)23-19-13-17(9-11-21(19)29-2)30(26,27)24-18-12-15(22)8-10-20(18)28-16-6-4-3-5-7-16/h3-13,24H,1-2H3,(H,23,25). The summed E-state index contributed by atoms with van der Waals surface area (Å²) in [5.41, 5.74) is 0.617. The smallest absolute Gasteiger partial charge is 0.262 e. The maximum Gasteiger partial charge on any atom is 0.262 e. The van der Waals surface area contributed by atoms with Gasteiger partial charge in [0.15, 0.2) is 5.75 Å². The Hall–Kier alpha value is -2.68. The van der Waals surface area contributed by atoms with E-state index in [1.165, 1.54) is 36.9 Å². The zero-order valence-corrected chi connectivity index (χ0v) is 18.6. The number of carbonyl (C=O) groups excluding carboxylic acids is 1. The first-order valence-corrected chi connectivity index (χ1v) is 11.9. The van der Waals surface area contributed by atoms with E-state index in [0.717, 1.165) is 4.90 Å². The van der Waals surface area contributed by atoms with Crippen molar-refractivity contribution in [3.05, 3.63) is 71.8 Å². The fourth-order valence-corrected chi connectivity index (χ4v) is 4.42. The number of amides is 1. The van der Waals surface area contributed by atoms with Crippen LogP contribution in [-0.4, -0.2) is 20.6 Å². The average molecular weight is 463 g/mol. The first kappa shape index (κ1) is 22.0. The van der Waals surface area contributed by atoms with E-state index in [4.69, 9.17) is 16.3 Å². The molecule has 0 saturated heterocycles. The fraction of sp³-hybridized carbons (Fsp3) is 0.0952. The molecule has 0 spiro atoms. The monoisotopic (exact) mass is 462 g/mol. The minimum atomic E-state index is -3.98. The third-order valence-corrected chi connectivity index (χ3v) is 6.34. The summed E-state index contributed by atoms with van der Waals surface area (Å²) in [4.78, 5) is 12.2. The van der Waals surface area contributed by atoms with Crippen molar-refractivity contribution in [1.82, 2.24) is 0 Å². The van der Waals surface area contributed by atoms with Gasteiger partial charge in [-0.1, -0.05) is 29.8 Å². The number of thioether (sulfide) groups is 1. The van der Waals surface area contributed by atoms with E-state index in [0.29, 0.717) is 22.2 Å². The third kappa shape index (κ3) is 5.47. The van der Waals surface area contributed by atoms with Crippen LogP contribution in [0, 0.1) is 0 Å². The molecule has 9 heteroatoms. The van der Waals surface area contributed by atoms with E-state index in [2.05, 4.69) is 10.0 Å². The number of anilines is 2. The molecule has 3 aromatic carbocycles.